The molecule has 86 valence electrons. The van der Waals surface area contributed by atoms with Gasteiger partial charge in [0.15, 0.2) is 0 Å². The van der Waals surface area contributed by atoms with Crippen LogP contribution < -0.4 is 5.32 Å². The van der Waals surface area contributed by atoms with Crippen molar-refractivity contribution in [2.24, 2.45) is 5.92 Å². The normalized spacial score (nSPS) is 15.9. The first kappa shape index (κ1) is 13.8. The summed E-state index contributed by atoms with van der Waals surface area (Å²) in [5.74, 6) is 0.446. The minimum atomic E-state index is -2.24. The number of rotatable bonds is 8. The predicted molar refractivity (Wildman–Crippen MR) is 56.8 cm³/mol. The summed E-state index contributed by atoms with van der Waals surface area (Å²) < 4.78 is 24.9. The maximum absolute atomic E-state index is 12.5. The molecule has 0 aromatic heterocycles. The van der Waals surface area contributed by atoms with Crippen molar-refractivity contribution in [3.8, 4) is 0 Å². The molecule has 14 heavy (non-hydrogen) atoms. The Bertz CT molecular complexity index is 128. The molecule has 1 nitrogen and oxygen atoms in total. The van der Waals surface area contributed by atoms with Gasteiger partial charge in [-0.3, -0.25) is 0 Å². The minimum absolute atomic E-state index is 0.446. The summed E-state index contributed by atoms with van der Waals surface area (Å²) in [5, 5.41) is 2.69. The smallest absolute Gasteiger partial charge is 0.253 e. The van der Waals surface area contributed by atoms with E-state index in [9.17, 15) is 8.78 Å². The number of hydrogen-bond donors (Lipinski definition) is 1. The molecule has 3 heteroatoms. The monoisotopic (exact) mass is 207 g/mol. The van der Waals surface area contributed by atoms with Crippen molar-refractivity contribution in [2.45, 2.75) is 58.4 Å². The van der Waals surface area contributed by atoms with Crippen LogP contribution in [0.1, 0.15) is 46.0 Å². The Hall–Kier alpha value is -0.180. The quantitative estimate of drug-likeness (QED) is 0.643. The van der Waals surface area contributed by atoms with Crippen LogP contribution in [0.15, 0.2) is 0 Å². The van der Waals surface area contributed by atoms with Crippen LogP contribution in [0.5, 0.6) is 0 Å². The maximum atomic E-state index is 12.5. The molecule has 0 bridgehead atoms. The number of alkyl halides is 2. The Morgan fingerprint density at radius 2 is 1.86 bits per heavy atom. The second-order valence-electron chi connectivity index (χ2n) is 3.88. The Morgan fingerprint density at radius 1 is 1.21 bits per heavy atom. The van der Waals surface area contributed by atoms with Crippen molar-refractivity contribution < 1.29 is 8.78 Å². The highest BCUT2D eigenvalue weighted by atomic mass is 19.3. The van der Waals surface area contributed by atoms with Crippen molar-refractivity contribution in [1.82, 2.24) is 5.32 Å². The van der Waals surface area contributed by atoms with E-state index in [1.165, 1.54) is 0 Å². The Kier molecular flexibility index (Phi) is 8.05. The van der Waals surface area contributed by atoms with Gasteiger partial charge in [-0.05, 0) is 19.4 Å². The molecule has 0 rings (SSSR count). The van der Waals surface area contributed by atoms with E-state index in [0.717, 1.165) is 25.7 Å². The molecule has 1 N–H and O–H groups in total. The van der Waals surface area contributed by atoms with Gasteiger partial charge in [0, 0.05) is 0 Å². The first-order chi connectivity index (χ1) is 6.65. The largest absolute Gasteiger partial charge is 0.312 e. The fourth-order valence-corrected chi connectivity index (χ4v) is 1.69. The lowest BCUT2D eigenvalue weighted by molar-refractivity contribution is 0.0877. The first-order valence-corrected chi connectivity index (χ1v) is 5.61. The second kappa shape index (κ2) is 8.16. The molecule has 0 radical (unpaired) electrons. The summed E-state index contributed by atoms with van der Waals surface area (Å²) in [5.41, 5.74) is 0. The van der Waals surface area contributed by atoms with Crippen molar-refractivity contribution in [2.75, 3.05) is 7.05 Å². The van der Waals surface area contributed by atoms with Crippen LogP contribution in [-0.2, 0) is 0 Å². The van der Waals surface area contributed by atoms with Gasteiger partial charge >= 0.3 is 0 Å². The van der Waals surface area contributed by atoms with E-state index >= 15 is 0 Å². The van der Waals surface area contributed by atoms with E-state index in [1.807, 2.05) is 0 Å². The summed E-state index contributed by atoms with van der Waals surface area (Å²) in [6.07, 6.45) is 2.75. The summed E-state index contributed by atoms with van der Waals surface area (Å²) in [4.78, 5) is 0. The lowest BCUT2D eigenvalue weighted by atomic mass is 9.92. The number of nitrogens with one attached hydrogen (secondary N) is 1. The van der Waals surface area contributed by atoms with Gasteiger partial charge in [0.05, 0.1) is 6.04 Å². The number of hydrogen-bond acceptors (Lipinski definition) is 1. The van der Waals surface area contributed by atoms with Gasteiger partial charge in [-0.2, -0.15) is 0 Å². The third-order valence-corrected chi connectivity index (χ3v) is 2.81. The molecule has 2 atom stereocenters. The molecule has 0 aliphatic carbocycles. The van der Waals surface area contributed by atoms with E-state index in [4.69, 9.17) is 0 Å². The van der Waals surface area contributed by atoms with Crippen LogP contribution in [0.25, 0.3) is 0 Å². The van der Waals surface area contributed by atoms with Crippen LogP contribution in [0.3, 0.4) is 0 Å². The topological polar surface area (TPSA) is 12.0 Å². The van der Waals surface area contributed by atoms with Crippen molar-refractivity contribution in [3.05, 3.63) is 0 Å². The van der Waals surface area contributed by atoms with Gasteiger partial charge in [0.2, 0.25) is 0 Å². The fourth-order valence-electron chi connectivity index (χ4n) is 1.69. The summed E-state index contributed by atoms with van der Waals surface area (Å²) in [7, 11) is 1.61. The van der Waals surface area contributed by atoms with Gasteiger partial charge in [-0.15, -0.1) is 0 Å². The van der Waals surface area contributed by atoms with E-state index < -0.39 is 12.5 Å². The zero-order valence-electron chi connectivity index (χ0n) is 9.52. The lowest BCUT2D eigenvalue weighted by Crippen LogP contribution is -2.34. The van der Waals surface area contributed by atoms with E-state index in [2.05, 4.69) is 19.2 Å². The average Bonchev–Trinajstić information content (AvgIpc) is 2.18. The molecule has 0 aromatic carbocycles. The van der Waals surface area contributed by atoms with Gasteiger partial charge in [0.1, 0.15) is 0 Å². The molecule has 2 unspecified atom stereocenters. The molecule has 0 aromatic rings. The molecular formula is C11H23F2N. The maximum Gasteiger partial charge on any atom is 0.253 e. The average molecular weight is 207 g/mol. The molecule has 0 aliphatic heterocycles. The number of unbranched alkanes of at least 4 members (excludes halogenated alkanes) is 1. The third kappa shape index (κ3) is 5.53. The molecule has 0 heterocycles. The van der Waals surface area contributed by atoms with Crippen molar-refractivity contribution >= 4 is 0 Å². The van der Waals surface area contributed by atoms with Gasteiger partial charge in [-0.1, -0.05) is 39.5 Å². The second-order valence-corrected chi connectivity index (χ2v) is 3.88. The van der Waals surface area contributed by atoms with E-state index in [0.29, 0.717) is 12.3 Å². The summed E-state index contributed by atoms with van der Waals surface area (Å²) in [6, 6.07) is -0.628. The van der Waals surface area contributed by atoms with Gasteiger partial charge < -0.3 is 5.32 Å². The van der Waals surface area contributed by atoms with Crippen LogP contribution in [0, 0.1) is 5.92 Å². The van der Waals surface area contributed by atoms with Crippen LogP contribution in [-0.4, -0.2) is 19.5 Å². The van der Waals surface area contributed by atoms with E-state index in [1.54, 1.807) is 7.05 Å². The van der Waals surface area contributed by atoms with Crippen molar-refractivity contribution in [1.29, 1.82) is 0 Å². The summed E-state index contributed by atoms with van der Waals surface area (Å²) >= 11 is 0. The molecule has 0 saturated heterocycles. The Labute approximate surface area is 86.3 Å². The Morgan fingerprint density at radius 3 is 2.21 bits per heavy atom. The van der Waals surface area contributed by atoms with Gasteiger partial charge in [0.25, 0.3) is 6.43 Å². The predicted octanol–water partition coefficient (Wildman–Crippen LogP) is 3.45. The Balaban J connectivity index is 3.87. The van der Waals surface area contributed by atoms with Gasteiger partial charge in [-0.25, -0.2) is 8.78 Å². The van der Waals surface area contributed by atoms with Crippen LogP contribution in [0.4, 0.5) is 8.78 Å². The molecule has 0 amide bonds. The minimum Gasteiger partial charge on any atom is -0.312 e. The number of halogens is 2. The molecule has 0 fully saturated rings. The lowest BCUT2D eigenvalue weighted by Gasteiger charge is -2.21. The molecule has 0 aliphatic rings. The summed E-state index contributed by atoms with van der Waals surface area (Å²) in [6.45, 7) is 4.22. The van der Waals surface area contributed by atoms with Crippen molar-refractivity contribution in [3.63, 3.8) is 0 Å². The first-order valence-electron chi connectivity index (χ1n) is 5.61. The standard InChI is InChI=1S/C11H23F2N/c1-4-6-7-9(5-2)8-10(14-3)11(12)13/h9-11,14H,4-8H2,1-3H3. The molecular weight excluding hydrogens is 184 g/mol. The van der Waals surface area contributed by atoms with Crippen LogP contribution in [0.2, 0.25) is 0 Å². The zero-order valence-corrected chi connectivity index (χ0v) is 9.52. The highest BCUT2D eigenvalue weighted by Gasteiger charge is 2.21. The molecule has 0 spiro atoms. The highest BCUT2D eigenvalue weighted by molar-refractivity contribution is 4.72. The van der Waals surface area contributed by atoms with E-state index in [-0.39, 0.29) is 0 Å². The van der Waals surface area contributed by atoms with Crippen LogP contribution >= 0.6 is 0 Å². The SMILES string of the molecule is CCCCC(CC)CC(NC)C(F)F. The zero-order chi connectivity index (χ0) is 11.0. The third-order valence-electron chi connectivity index (χ3n) is 2.81. The molecule has 0 saturated carbocycles. The highest BCUT2D eigenvalue weighted by Crippen LogP contribution is 2.20. The fraction of sp³-hybridized carbons (Fsp3) is 1.00.